The average molecular weight is 455 g/mol. The Kier molecular flexibility index (Phi) is 5.62. The van der Waals surface area contributed by atoms with Crippen LogP contribution in [0.3, 0.4) is 0 Å². The largest absolute Gasteiger partial charge is 0.361 e. The van der Waals surface area contributed by atoms with E-state index in [1.165, 1.54) is 0 Å². The van der Waals surface area contributed by atoms with E-state index >= 15 is 0 Å². The lowest BCUT2D eigenvalue weighted by molar-refractivity contribution is 0.0951. The SMILES string of the molecule is O=C(NCc1ccccc1)c1ccc2c(=O)n(CCc3c[nH]c4ccccc34)c(=S)[nH]c2c1. The van der Waals surface area contributed by atoms with Crippen molar-refractivity contribution in [1.29, 1.82) is 0 Å². The molecular weight excluding hydrogens is 432 g/mol. The highest BCUT2D eigenvalue weighted by Gasteiger charge is 2.11. The molecule has 0 spiro atoms. The molecule has 7 heteroatoms. The summed E-state index contributed by atoms with van der Waals surface area (Å²) in [4.78, 5) is 32.1. The fraction of sp³-hybridized carbons (Fsp3) is 0.115. The predicted octanol–water partition coefficient (Wildman–Crippen LogP) is 4.71. The zero-order valence-corrected chi connectivity index (χ0v) is 18.6. The fourth-order valence-corrected chi connectivity index (χ4v) is 4.33. The molecule has 0 atom stereocenters. The number of amides is 1. The Morgan fingerprint density at radius 1 is 0.939 bits per heavy atom. The summed E-state index contributed by atoms with van der Waals surface area (Å²) in [6, 6.07) is 22.8. The molecule has 0 aliphatic rings. The van der Waals surface area contributed by atoms with E-state index in [-0.39, 0.29) is 11.5 Å². The zero-order valence-electron chi connectivity index (χ0n) is 17.8. The second kappa shape index (κ2) is 8.88. The summed E-state index contributed by atoms with van der Waals surface area (Å²) in [5, 5.41) is 4.55. The molecule has 2 aromatic heterocycles. The van der Waals surface area contributed by atoms with Crippen LogP contribution in [0.1, 0.15) is 21.5 Å². The fourth-order valence-electron chi connectivity index (χ4n) is 4.05. The number of carbonyl (C=O) groups excluding carboxylic acids is 1. The van der Waals surface area contributed by atoms with Crippen molar-refractivity contribution < 1.29 is 4.79 Å². The first-order chi connectivity index (χ1) is 16.1. The van der Waals surface area contributed by atoms with Gasteiger partial charge in [0.2, 0.25) is 0 Å². The number of H-pyrrole nitrogens is 2. The number of benzene rings is 3. The number of nitrogens with zero attached hydrogens (tertiary/aromatic N) is 1. The minimum Gasteiger partial charge on any atom is -0.361 e. The second-order valence-corrected chi connectivity index (χ2v) is 8.31. The van der Waals surface area contributed by atoms with Gasteiger partial charge in [0.1, 0.15) is 0 Å². The molecule has 0 saturated heterocycles. The molecule has 0 unspecified atom stereocenters. The third-order valence-electron chi connectivity index (χ3n) is 5.82. The molecule has 3 N–H and O–H groups in total. The van der Waals surface area contributed by atoms with Crippen LogP contribution in [0.25, 0.3) is 21.8 Å². The van der Waals surface area contributed by atoms with Gasteiger partial charge >= 0.3 is 0 Å². The van der Waals surface area contributed by atoms with Gasteiger partial charge in [-0.15, -0.1) is 0 Å². The number of aromatic nitrogens is 3. The van der Waals surface area contributed by atoms with Crippen LogP contribution < -0.4 is 10.9 Å². The Balaban J connectivity index is 1.37. The molecule has 5 rings (SSSR count). The van der Waals surface area contributed by atoms with Crippen LogP contribution in [-0.2, 0) is 19.5 Å². The van der Waals surface area contributed by atoms with Crippen LogP contribution in [0.15, 0.2) is 83.8 Å². The Bertz CT molecular complexity index is 1580. The van der Waals surface area contributed by atoms with E-state index in [1.807, 2.05) is 54.7 Å². The van der Waals surface area contributed by atoms with Gasteiger partial charge < -0.3 is 15.3 Å². The minimum absolute atomic E-state index is 0.162. The van der Waals surface area contributed by atoms with Crippen molar-refractivity contribution in [3.63, 3.8) is 0 Å². The lowest BCUT2D eigenvalue weighted by atomic mass is 10.1. The third kappa shape index (κ3) is 4.23. The molecule has 5 aromatic rings. The molecule has 0 bridgehead atoms. The number of nitrogens with one attached hydrogen (secondary N) is 3. The van der Waals surface area contributed by atoms with Crippen LogP contribution in [0, 0.1) is 4.77 Å². The van der Waals surface area contributed by atoms with Crippen molar-refractivity contribution in [2.45, 2.75) is 19.5 Å². The molecule has 1 amide bonds. The average Bonchev–Trinajstić information content (AvgIpc) is 3.26. The van der Waals surface area contributed by atoms with E-state index in [2.05, 4.69) is 21.4 Å². The van der Waals surface area contributed by atoms with Gasteiger partial charge in [0, 0.05) is 35.8 Å². The number of aryl methyl sites for hydroxylation is 1. The molecule has 164 valence electrons. The zero-order chi connectivity index (χ0) is 22.8. The molecular formula is C26H22N4O2S. The lowest BCUT2D eigenvalue weighted by Crippen LogP contribution is -2.25. The van der Waals surface area contributed by atoms with Gasteiger partial charge in [-0.3, -0.25) is 14.2 Å². The maximum absolute atomic E-state index is 13.1. The molecule has 6 nitrogen and oxygen atoms in total. The molecule has 0 aliphatic heterocycles. The van der Waals surface area contributed by atoms with Crippen molar-refractivity contribution in [3.8, 4) is 0 Å². The molecule has 3 aromatic carbocycles. The summed E-state index contributed by atoms with van der Waals surface area (Å²) >= 11 is 5.48. The highest BCUT2D eigenvalue weighted by molar-refractivity contribution is 7.71. The summed E-state index contributed by atoms with van der Waals surface area (Å²) in [6.45, 7) is 0.897. The van der Waals surface area contributed by atoms with E-state index in [0.29, 0.717) is 40.7 Å². The highest BCUT2D eigenvalue weighted by atomic mass is 32.1. The van der Waals surface area contributed by atoms with Crippen LogP contribution >= 0.6 is 12.2 Å². The summed E-state index contributed by atoms with van der Waals surface area (Å²) in [6.07, 6.45) is 2.65. The quantitative estimate of drug-likeness (QED) is 0.325. The van der Waals surface area contributed by atoms with Gasteiger partial charge in [-0.2, -0.15) is 0 Å². The van der Waals surface area contributed by atoms with E-state index in [9.17, 15) is 9.59 Å². The normalized spacial score (nSPS) is 11.2. The van der Waals surface area contributed by atoms with Crippen LogP contribution in [0.4, 0.5) is 0 Å². The van der Waals surface area contributed by atoms with Gasteiger partial charge in [-0.25, -0.2) is 0 Å². The lowest BCUT2D eigenvalue weighted by Gasteiger charge is -2.10. The van der Waals surface area contributed by atoms with Crippen molar-refractivity contribution in [2.75, 3.05) is 0 Å². The van der Waals surface area contributed by atoms with Gasteiger partial charge in [0.25, 0.3) is 11.5 Å². The number of para-hydroxylation sites is 1. The van der Waals surface area contributed by atoms with Gasteiger partial charge in [0.15, 0.2) is 4.77 Å². The Morgan fingerprint density at radius 3 is 2.58 bits per heavy atom. The van der Waals surface area contributed by atoms with Crippen molar-refractivity contribution in [1.82, 2.24) is 19.9 Å². The summed E-state index contributed by atoms with van der Waals surface area (Å²) in [5.74, 6) is -0.205. The maximum atomic E-state index is 13.1. The van der Waals surface area contributed by atoms with E-state index < -0.39 is 0 Å². The van der Waals surface area contributed by atoms with Crippen LogP contribution in [0.2, 0.25) is 0 Å². The Labute approximate surface area is 194 Å². The van der Waals surface area contributed by atoms with Crippen LogP contribution in [0.5, 0.6) is 0 Å². The number of fused-ring (bicyclic) bond motifs is 2. The summed E-state index contributed by atoms with van der Waals surface area (Å²) in [7, 11) is 0. The van der Waals surface area contributed by atoms with Crippen molar-refractivity contribution in [3.05, 3.63) is 111 Å². The topological polar surface area (TPSA) is 82.7 Å². The summed E-state index contributed by atoms with van der Waals surface area (Å²) < 4.78 is 1.92. The number of rotatable bonds is 6. The standard InChI is InChI=1S/C26H22N4O2S/c31-24(28-15-17-6-2-1-3-7-17)18-10-11-21-23(14-18)29-26(33)30(25(21)32)13-12-19-16-27-22-9-5-4-8-20(19)22/h1-11,14,16,27H,12-13,15H2,(H,28,31)(H,29,33). The number of carbonyl (C=O) groups is 1. The predicted molar refractivity (Wildman–Crippen MR) is 133 cm³/mol. The van der Waals surface area contributed by atoms with Gasteiger partial charge in [-0.1, -0.05) is 48.5 Å². The van der Waals surface area contributed by atoms with Crippen LogP contribution in [-0.4, -0.2) is 20.4 Å². The first-order valence-corrected chi connectivity index (χ1v) is 11.1. The van der Waals surface area contributed by atoms with E-state index in [1.54, 1.807) is 22.8 Å². The van der Waals surface area contributed by atoms with Crippen molar-refractivity contribution in [2.24, 2.45) is 0 Å². The highest BCUT2D eigenvalue weighted by Crippen LogP contribution is 2.19. The van der Waals surface area contributed by atoms with Gasteiger partial charge in [0.05, 0.1) is 10.9 Å². The minimum atomic E-state index is -0.205. The molecule has 0 radical (unpaired) electrons. The summed E-state index contributed by atoms with van der Waals surface area (Å²) in [5.41, 5.74) is 4.09. The monoisotopic (exact) mass is 454 g/mol. The van der Waals surface area contributed by atoms with E-state index in [0.717, 1.165) is 22.0 Å². The maximum Gasteiger partial charge on any atom is 0.262 e. The molecule has 2 heterocycles. The molecule has 0 aliphatic carbocycles. The van der Waals surface area contributed by atoms with E-state index in [4.69, 9.17) is 12.2 Å². The number of hydrogen-bond acceptors (Lipinski definition) is 3. The van der Waals surface area contributed by atoms with Crippen molar-refractivity contribution >= 4 is 39.9 Å². The smallest absolute Gasteiger partial charge is 0.262 e. The number of hydrogen-bond donors (Lipinski definition) is 3. The first-order valence-electron chi connectivity index (χ1n) is 10.7. The molecule has 33 heavy (non-hydrogen) atoms. The number of aromatic amines is 2. The molecule has 0 saturated carbocycles. The molecule has 0 fully saturated rings. The second-order valence-electron chi connectivity index (χ2n) is 7.93. The Morgan fingerprint density at radius 2 is 1.73 bits per heavy atom. The van der Waals surface area contributed by atoms with Gasteiger partial charge in [-0.05, 0) is 54.0 Å². The first kappa shape index (κ1) is 20.9. The Hall–Kier alpha value is -3.97. The third-order valence-corrected chi connectivity index (χ3v) is 6.14.